The van der Waals surface area contributed by atoms with Crippen LogP contribution in [0.2, 0.25) is 0 Å². The second-order valence-corrected chi connectivity index (χ2v) is 5.19. The van der Waals surface area contributed by atoms with Crippen LogP contribution in [0.1, 0.15) is 19.8 Å². The number of ether oxygens (including phenoxy) is 2. The first-order valence-corrected chi connectivity index (χ1v) is 6.73. The molecule has 0 spiro atoms. The Labute approximate surface area is 111 Å². The molecule has 1 aromatic carbocycles. The molecule has 1 saturated carbocycles. The summed E-state index contributed by atoms with van der Waals surface area (Å²) in [7, 11) is 1.68. The van der Waals surface area contributed by atoms with Gasteiger partial charge in [-0.05, 0) is 31.9 Å². The lowest BCUT2D eigenvalue weighted by Crippen LogP contribution is -2.40. The number of rotatable bonds is 5. The summed E-state index contributed by atoms with van der Waals surface area (Å²) < 4.78 is 11.8. The van der Waals surface area contributed by atoms with Gasteiger partial charge in [-0.25, -0.2) is 0 Å². The summed E-state index contributed by atoms with van der Waals surface area (Å²) in [5, 5.41) is 3.49. The van der Waals surface area contributed by atoms with Crippen molar-refractivity contribution in [2.45, 2.75) is 31.9 Å². The third-order valence-electron chi connectivity index (χ3n) is 2.97. The van der Waals surface area contributed by atoms with Crippen molar-refractivity contribution in [2.75, 3.05) is 19.0 Å². The number of nitrogens with one attached hydrogen (secondary N) is 1. The van der Waals surface area contributed by atoms with Crippen LogP contribution in [0.25, 0.3) is 0 Å². The third-order valence-corrected chi connectivity index (χ3v) is 3.43. The molecule has 1 N–H and O–H groups in total. The van der Waals surface area contributed by atoms with Crippen molar-refractivity contribution in [2.24, 2.45) is 0 Å². The number of benzene rings is 1. The van der Waals surface area contributed by atoms with Gasteiger partial charge in [0.15, 0.2) is 0 Å². The molecule has 0 saturated heterocycles. The summed E-state index contributed by atoms with van der Waals surface area (Å²) >= 11 is 3.48. The van der Waals surface area contributed by atoms with Gasteiger partial charge in [-0.2, -0.15) is 0 Å². The summed E-state index contributed by atoms with van der Waals surface area (Å²) in [4.78, 5) is 0. The van der Waals surface area contributed by atoms with E-state index in [0.29, 0.717) is 12.1 Å². The van der Waals surface area contributed by atoms with Crippen molar-refractivity contribution >= 4 is 21.6 Å². The summed E-state index contributed by atoms with van der Waals surface area (Å²) in [5.41, 5.74) is 1.09. The topological polar surface area (TPSA) is 30.5 Å². The molecule has 0 amide bonds. The monoisotopic (exact) mass is 299 g/mol. The molecule has 0 radical (unpaired) electrons. The van der Waals surface area contributed by atoms with Crippen molar-refractivity contribution in [1.82, 2.24) is 0 Å². The number of hydrogen-bond acceptors (Lipinski definition) is 3. The molecule has 94 valence electrons. The molecule has 1 aliphatic rings. The maximum atomic E-state index is 5.54. The number of anilines is 1. The average Bonchev–Trinajstić information content (AvgIpc) is 2.25. The minimum absolute atomic E-state index is 0.437. The highest BCUT2D eigenvalue weighted by molar-refractivity contribution is 9.10. The summed E-state index contributed by atoms with van der Waals surface area (Å²) in [5.74, 6) is 0.863. The van der Waals surface area contributed by atoms with Crippen molar-refractivity contribution in [3.8, 4) is 5.75 Å². The molecule has 3 nitrogen and oxygen atoms in total. The van der Waals surface area contributed by atoms with Crippen LogP contribution in [0.4, 0.5) is 5.69 Å². The van der Waals surface area contributed by atoms with E-state index in [0.717, 1.165) is 35.4 Å². The van der Waals surface area contributed by atoms with Crippen LogP contribution in [-0.4, -0.2) is 25.9 Å². The molecule has 0 bridgehead atoms. The van der Waals surface area contributed by atoms with Crippen molar-refractivity contribution in [1.29, 1.82) is 0 Å². The van der Waals surface area contributed by atoms with Gasteiger partial charge in [0, 0.05) is 28.9 Å². The lowest BCUT2D eigenvalue weighted by Gasteiger charge is -2.36. The van der Waals surface area contributed by atoms with Gasteiger partial charge in [-0.15, -0.1) is 0 Å². The van der Waals surface area contributed by atoms with Crippen LogP contribution >= 0.6 is 15.9 Å². The molecule has 2 rings (SSSR count). The Morgan fingerprint density at radius 1 is 1.35 bits per heavy atom. The van der Waals surface area contributed by atoms with Gasteiger partial charge in [0.05, 0.1) is 13.2 Å². The Balaban J connectivity index is 1.89. The summed E-state index contributed by atoms with van der Waals surface area (Å²) in [6, 6.07) is 6.55. The average molecular weight is 300 g/mol. The van der Waals surface area contributed by atoms with E-state index in [4.69, 9.17) is 9.47 Å². The van der Waals surface area contributed by atoms with Crippen molar-refractivity contribution < 1.29 is 9.47 Å². The first kappa shape index (κ1) is 12.7. The first-order valence-electron chi connectivity index (χ1n) is 5.94. The third kappa shape index (κ3) is 3.36. The van der Waals surface area contributed by atoms with Gasteiger partial charge in [-0.1, -0.05) is 15.9 Å². The molecular formula is C13H18BrNO2. The molecule has 1 aliphatic carbocycles. The molecule has 1 aromatic rings. The van der Waals surface area contributed by atoms with Crippen LogP contribution in [-0.2, 0) is 4.74 Å². The highest BCUT2D eigenvalue weighted by Gasteiger charge is 2.29. The molecule has 0 aromatic heterocycles. The Bertz CT molecular complexity index is 378. The lowest BCUT2D eigenvalue weighted by molar-refractivity contribution is 0.00299. The van der Waals surface area contributed by atoms with Gasteiger partial charge in [0.25, 0.3) is 0 Å². The smallest absolute Gasteiger partial charge is 0.122 e. The minimum atomic E-state index is 0.437. The van der Waals surface area contributed by atoms with Gasteiger partial charge >= 0.3 is 0 Å². The van der Waals surface area contributed by atoms with Gasteiger partial charge in [0.1, 0.15) is 5.75 Å². The second kappa shape index (κ2) is 5.74. The number of halogens is 1. The van der Waals surface area contributed by atoms with Gasteiger partial charge in [0.2, 0.25) is 0 Å². The molecule has 1 fully saturated rings. The van der Waals surface area contributed by atoms with E-state index in [-0.39, 0.29) is 0 Å². The molecule has 0 heterocycles. The van der Waals surface area contributed by atoms with Crippen molar-refractivity contribution in [3.63, 3.8) is 0 Å². The predicted octanol–water partition coefficient (Wildman–Crippen LogP) is 3.44. The lowest BCUT2D eigenvalue weighted by atomic mass is 9.89. The summed E-state index contributed by atoms with van der Waals surface area (Å²) in [6.07, 6.45) is 2.61. The minimum Gasteiger partial charge on any atom is -0.497 e. The Morgan fingerprint density at radius 2 is 2.12 bits per heavy atom. The quantitative estimate of drug-likeness (QED) is 0.903. The number of hydrogen-bond donors (Lipinski definition) is 1. The highest BCUT2D eigenvalue weighted by atomic mass is 79.9. The SMILES string of the molecule is CCOC1CC(Nc2cc(Br)cc(OC)c2)C1. The van der Waals surface area contributed by atoms with E-state index in [9.17, 15) is 0 Å². The Morgan fingerprint density at radius 3 is 2.76 bits per heavy atom. The maximum absolute atomic E-state index is 5.54. The predicted molar refractivity (Wildman–Crippen MR) is 72.8 cm³/mol. The normalized spacial score (nSPS) is 23.0. The van der Waals surface area contributed by atoms with E-state index < -0.39 is 0 Å². The van der Waals surface area contributed by atoms with E-state index >= 15 is 0 Å². The summed E-state index contributed by atoms with van der Waals surface area (Å²) in [6.45, 7) is 2.85. The first-order chi connectivity index (χ1) is 8.21. The van der Waals surface area contributed by atoms with Crippen LogP contribution in [0.5, 0.6) is 5.75 Å². The van der Waals surface area contributed by atoms with Crippen LogP contribution in [0.15, 0.2) is 22.7 Å². The zero-order valence-corrected chi connectivity index (χ0v) is 11.8. The molecule has 0 aliphatic heterocycles. The van der Waals surface area contributed by atoms with Gasteiger partial charge in [-0.3, -0.25) is 0 Å². The Hall–Kier alpha value is -0.740. The number of methoxy groups -OCH3 is 1. The zero-order chi connectivity index (χ0) is 12.3. The molecule has 0 atom stereocenters. The Kier molecular flexibility index (Phi) is 4.29. The molecule has 4 heteroatoms. The van der Waals surface area contributed by atoms with E-state index in [2.05, 4.69) is 27.3 Å². The second-order valence-electron chi connectivity index (χ2n) is 4.27. The largest absolute Gasteiger partial charge is 0.497 e. The van der Waals surface area contributed by atoms with Gasteiger partial charge < -0.3 is 14.8 Å². The fraction of sp³-hybridized carbons (Fsp3) is 0.538. The van der Waals surface area contributed by atoms with Crippen LogP contribution < -0.4 is 10.1 Å². The maximum Gasteiger partial charge on any atom is 0.122 e. The standard InChI is InChI=1S/C13H18BrNO2/c1-3-17-13-7-11(8-13)15-10-4-9(14)5-12(6-10)16-2/h4-6,11,13,15H,3,7-8H2,1-2H3. The fourth-order valence-electron chi connectivity index (χ4n) is 2.05. The van der Waals surface area contributed by atoms with E-state index in [1.165, 1.54) is 0 Å². The van der Waals surface area contributed by atoms with E-state index in [1.807, 2.05) is 19.1 Å². The molecule has 0 unspecified atom stereocenters. The zero-order valence-electron chi connectivity index (χ0n) is 10.2. The van der Waals surface area contributed by atoms with Crippen molar-refractivity contribution in [3.05, 3.63) is 22.7 Å². The van der Waals surface area contributed by atoms with Crippen LogP contribution in [0, 0.1) is 0 Å². The molecular weight excluding hydrogens is 282 g/mol. The molecule has 17 heavy (non-hydrogen) atoms. The van der Waals surface area contributed by atoms with Crippen LogP contribution in [0.3, 0.4) is 0 Å². The highest BCUT2D eigenvalue weighted by Crippen LogP contribution is 2.30. The fourth-order valence-corrected chi connectivity index (χ4v) is 2.53. The van der Waals surface area contributed by atoms with E-state index in [1.54, 1.807) is 7.11 Å².